The van der Waals surface area contributed by atoms with Gasteiger partial charge in [0.1, 0.15) is 6.61 Å². The molecule has 0 aliphatic carbocycles. The molecule has 0 radical (unpaired) electrons. The van der Waals surface area contributed by atoms with E-state index in [1.807, 2.05) is 31.1 Å². The zero-order valence-corrected chi connectivity index (χ0v) is 15.8. The van der Waals surface area contributed by atoms with Crippen LogP contribution in [0.25, 0.3) is 6.08 Å². The van der Waals surface area contributed by atoms with Crippen LogP contribution in [0.1, 0.15) is 22.3 Å². The van der Waals surface area contributed by atoms with Crippen LogP contribution in [0.2, 0.25) is 0 Å². The number of ether oxygens (including phenoxy) is 2. The summed E-state index contributed by atoms with van der Waals surface area (Å²) in [5.74, 6) is -1.07. The predicted octanol–water partition coefficient (Wildman–Crippen LogP) is 2.07. The van der Waals surface area contributed by atoms with Crippen molar-refractivity contribution >= 4 is 23.7 Å². The molecule has 0 saturated carbocycles. The van der Waals surface area contributed by atoms with E-state index in [1.165, 1.54) is 0 Å². The van der Waals surface area contributed by atoms with Gasteiger partial charge in [-0.25, -0.2) is 9.59 Å². The van der Waals surface area contributed by atoms with Crippen molar-refractivity contribution in [2.75, 3.05) is 32.2 Å². The maximum absolute atomic E-state index is 12.3. The number of aliphatic hydroxyl groups excluding tert-OH is 1. The summed E-state index contributed by atoms with van der Waals surface area (Å²) in [6.45, 7) is -0.670. The number of esters is 2. The molecule has 7 nitrogen and oxygen atoms in total. The van der Waals surface area contributed by atoms with E-state index in [-0.39, 0.29) is 13.0 Å². The van der Waals surface area contributed by atoms with E-state index < -0.39 is 24.1 Å². The molecule has 1 atom stereocenters. The van der Waals surface area contributed by atoms with Crippen molar-refractivity contribution < 1.29 is 24.2 Å². The highest BCUT2D eigenvalue weighted by Crippen LogP contribution is 2.32. The smallest absolute Gasteiger partial charge is 0.338 e. The molecule has 2 aromatic rings. The number of hydrogen-bond acceptors (Lipinski definition) is 7. The Morgan fingerprint density at radius 1 is 1.25 bits per heavy atom. The SMILES string of the molecule is CN(C)c1ccc(C(=O)OCC2(CO)C/C(=C\c3ccncc3)C(=O)O2)cc1. The second-order valence-corrected chi connectivity index (χ2v) is 6.87. The van der Waals surface area contributed by atoms with Gasteiger partial charge in [0.05, 0.1) is 12.2 Å². The molecule has 1 fully saturated rings. The van der Waals surface area contributed by atoms with E-state index in [2.05, 4.69) is 4.98 Å². The lowest BCUT2D eigenvalue weighted by atomic mass is 9.98. The Morgan fingerprint density at radius 3 is 2.54 bits per heavy atom. The summed E-state index contributed by atoms with van der Waals surface area (Å²) in [5, 5.41) is 9.79. The Hall–Kier alpha value is -3.19. The molecule has 7 heteroatoms. The van der Waals surface area contributed by atoms with Crippen molar-refractivity contribution in [2.24, 2.45) is 0 Å². The van der Waals surface area contributed by atoms with Crippen molar-refractivity contribution in [3.05, 3.63) is 65.5 Å². The molecule has 2 heterocycles. The normalized spacial score (nSPS) is 20.1. The van der Waals surface area contributed by atoms with Gasteiger partial charge in [0.25, 0.3) is 0 Å². The minimum atomic E-state index is -1.27. The third-order valence-corrected chi connectivity index (χ3v) is 4.50. The van der Waals surface area contributed by atoms with Crippen LogP contribution >= 0.6 is 0 Å². The van der Waals surface area contributed by atoms with Gasteiger partial charge >= 0.3 is 11.9 Å². The second-order valence-electron chi connectivity index (χ2n) is 6.87. The third kappa shape index (κ3) is 4.37. The Bertz CT molecular complexity index is 877. The summed E-state index contributed by atoms with van der Waals surface area (Å²) in [6, 6.07) is 10.5. The molecule has 1 aliphatic rings. The first-order chi connectivity index (χ1) is 13.4. The predicted molar refractivity (Wildman–Crippen MR) is 104 cm³/mol. The summed E-state index contributed by atoms with van der Waals surface area (Å²) in [4.78, 5) is 30.4. The third-order valence-electron chi connectivity index (χ3n) is 4.50. The molecule has 0 bridgehead atoms. The molecule has 1 aromatic heterocycles. The highest BCUT2D eigenvalue weighted by Gasteiger charge is 2.44. The zero-order chi connectivity index (χ0) is 20.1. The summed E-state index contributed by atoms with van der Waals surface area (Å²) >= 11 is 0. The number of pyridine rings is 1. The number of anilines is 1. The van der Waals surface area contributed by atoms with E-state index in [9.17, 15) is 14.7 Å². The first-order valence-corrected chi connectivity index (χ1v) is 8.82. The van der Waals surface area contributed by atoms with Gasteiger partial charge in [0, 0.05) is 44.2 Å². The maximum atomic E-state index is 12.3. The lowest BCUT2D eigenvalue weighted by Gasteiger charge is -2.24. The monoisotopic (exact) mass is 382 g/mol. The number of rotatable bonds is 6. The van der Waals surface area contributed by atoms with Gasteiger partial charge in [-0.3, -0.25) is 4.98 Å². The number of cyclic esters (lactones) is 1. The van der Waals surface area contributed by atoms with E-state index in [0.29, 0.717) is 11.1 Å². The summed E-state index contributed by atoms with van der Waals surface area (Å²) in [7, 11) is 3.81. The number of carbonyl (C=O) groups is 2. The number of carbonyl (C=O) groups excluding carboxylic acids is 2. The minimum Gasteiger partial charge on any atom is -0.458 e. The average molecular weight is 382 g/mol. The molecular weight excluding hydrogens is 360 g/mol. The Labute approximate surface area is 163 Å². The van der Waals surface area contributed by atoms with Crippen LogP contribution in [0.4, 0.5) is 5.69 Å². The lowest BCUT2D eigenvalue weighted by molar-refractivity contribution is -0.154. The number of nitrogens with zero attached hydrogens (tertiary/aromatic N) is 2. The first-order valence-electron chi connectivity index (χ1n) is 8.82. The molecule has 1 aromatic carbocycles. The number of benzene rings is 1. The summed E-state index contributed by atoms with van der Waals surface area (Å²) in [6.07, 6.45) is 5.07. The fourth-order valence-corrected chi connectivity index (χ4v) is 2.88. The van der Waals surface area contributed by atoms with Crippen molar-refractivity contribution in [3.63, 3.8) is 0 Å². The average Bonchev–Trinajstić information content (AvgIpc) is 3.03. The van der Waals surface area contributed by atoms with E-state index >= 15 is 0 Å². The Balaban J connectivity index is 1.67. The van der Waals surface area contributed by atoms with Crippen LogP contribution in [0.3, 0.4) is 0 Å². The van der Waals surface area contributed by atoms with Crippen LogP contribution in [-0.2, 0) is 14.3 Å². The molecule has 1 saturated heterocycles. The molecule has 1 N–H and O–H groups in total. The van der Waals surface area contributed by atoms with Crippen molar-refractivity contribution in [1.29, 1.82) is 0 Å². The van der Waals surface area contributed by atoms with Gasteiger partial charge in [-0.05, 0) is 48.0 Å². The van der Waals surface area contributed by atoms with Gasteiger partial charge in [0.15, 0.2) is 5.60 Å². The molecule has 146 valence electrons. The van der Waals surface area contributed by atoms with Crippen LogP contribution in [0.5, 0.6) is 0 Å². The van der Waals surface area contributed by atoms with Gasteiger partial charge in [-0.2, -0.15) is 0 Å². The van der Waals surface area contributed by atoms with Crippen molar-refractivity contribution in [1.82, 2.24) is 4.98 Å². The fourth-order valence-electron chi connectivity index (χ4n) is 2.88. The topological polar surface area (TPSA) is 89.0 Å². The van der Waals surface area contributed by atoms with Crippen LogP contribution < -0.4 is 4.90 Å². The molecule has 1 unspecified atom stereocenters. The van der Waals surface area contributed by atoms with Gasteiger partial charge < -0.3 is 19.5 Å². The lowest BCUT2D eigenvalue weighted by Crippen LogP contribution is -2.39. The highest BCUT2D eigenvalue weighted by atomic mass is 16.6. The number of aromatic nitrogens is 1. The van der Waals surface area contributed by atoms with Crippen LogP contribution in [0, 0.1) is 0 Å². The first kappa shape index (κ1) is 19.6. The molecule has 0 amide bonds. The van der Waals surface area contributed by atoms with Crippen molar-refractivity contribution in [2.45, 2.75) is 12.0 Å². The van der Waals surface area contributed by atoms with E-state index in [0.717, 1.165) is 11.3 Å². The zero-order valence-electron chi connectivity index (χ0n) is 15.8. The van der Waals surface area contributed by atoms with E-state index in [1.54, 1.807) is 42.7 Å². The Morgan fingerprint density at radius 2 is 1.93 bits per heavy atom. The van der Waals surface area contributed by atoms with Gasteiger partial charge in [0.2, 0.25) is 0 Å². The van der Waals surface area contributed by atoms with Crippen LogP contribution in [0.15, 0.2) is 54.4 Å². The number of hydrogen-bond donors (Lipinski definition) is 1. The van der Waals surface area contributed by atoms with Gasteiger partial charge in [-0.1, -0.05) is 0 Å². The molecule has 3 rings (SSSR count). The fraction of sp³-hybridized carbons (Fsp3) is 0.286. The van der Waals surface area contributed by atoms with Crippen LogP contribution in [-0.4, -0.2) is 54.9 Å². The molecular formula is C21H22N2O5. The van der Waals surface area contributed by atoms with E-state index in [4.69, 9.17) is 9.47 Å². The second kappa shape index (κ2) is 8.22. The van der Waals surface area contributed by atoms with Gasteiger partial charge in [-0.15, -0.1) is 0 Å². The summed E-state index contributed by atoms with van der Waals surface area (Å²) in [5.41, 5.74) is 1.28. The molecule has 0 spiro atoms. The minimum absolute atomic E-state index is 0.150. The van der Waals surface area contributed by atoms with Crippen molar-refractivity contribution in [3.8, 4) is 0 Å². The maximum Gasteiger partial charge on any atom is 0.338 e. The standard InChI is InChI=1S/C21H22N2O5/c1-23(2)18-5-3-16(4-6-18)19(25)27-14-21(13-24)12-17(20(26)28-21)11-15-7-9-22-10-8-15/h3-11,24H,12-14H2,1-2H3/b17-11+. The quantitative estimate of drug-likeness (QED) is 0.604. The highest BCUT2D eigenvalue weighted by molar-refractivity contribution is 5.96. The molecule has 28 heavy (non-hydrogen) atoms. The Kier molecular flexibility index (Phi) is 5.75. The molecule has 1 aliphatic heterocycles. The largest absolute Gasteiger partial charge is 0.458 e. The summed E-state index contributed by atoms with van der Waals surface area (Å²) < 4.78 is 10.7. The number of aliphatic hydroxyl groups is 1.